The van der Waals surface area contributed by atoms with Crippen molar-refractivity contribution < 1.29 is 4.39 Å². The Bertz CT molecular complexity index is 625. The second-order valence-corrected chi connectivity index (χ2v) is 4.81. The highest BCUT2D eigenvalue weighted by molar-refractivity contribution is 9.10. The molecule has 0 unspecified atom stereocenters. The molecule has 0 bridgehead atoms. The van der Waals surface area contributed by atoms with Crippen LogP contribution in [0.4, 0.5) is 10.1 Å². The van der Waals surface area contributed by atoms with Crippen molar-refractivity contribution in [2.45, 2.75) is 6.54 Å². The van der Waals surface area contributed by atoms with Crippen molar-refractivity contribution in [1.29, 1.82) is 0 Å². The fraction of sp³-hybridized carbons (Fsp3) is 0.154. The highest BCUT2D eigenvalue weighted by Crippen LogP contribution is 2.19. The van der Waals surface area contributed by atoms with E-state index in [-0.39, 0.29) is 11.4 Å². The third-order valence-electron chi connectivity index (χ3n) is 2.58. The molecule has 0 saturated carbocycles. The van der Waals surface area contributed by atoms with Crippen molar-refractivity contribution in [3.63, 3.8) is 0 Å². The van der Waals surface area contributed by atoms with Gasteiger partial charge in [-0.15, -0.1) is 0 Å². The monoisotopic (exact) mass is 310 g/mol. The third-order valence-corrected chi connectivity index (χ3v) is 3.32. The summed E-state index contributed by atoms with van der Waals surface area (Å²) in [5.74, 6) is -0.271. The van der Waals surface area contributed by atoms with Crippen LogP contribution in [-0.2, 0) is 13.6 Å². The number of anilines is 1. The average Bonchev–Trinajstić information content (AvgIpc) is 2.32. The normalized spacial score (nSPS) is 10.4. The molecule has 0 aliphatic rings. The van der Waals surface area contributed by atoms with Crippen molar-refractivity contribution in [2.75, 3.05) is 5.32 Å². The summed E-state index contributed by atoms with van der Waals surface area (Å²) in [5, 5.41) is 3.18. The van der Waals surface area contributed by atoms with E-state index in [2.05, 4.69) is 21.2 Å². The van der Waals surface area contributed by atoms with Crippen molar-refractivity contribution >= 4 is 21.6 Å². The number of aromatic nitrogens is 1. The van der Waals surface area contributed by atoms with E-state index in [4.69, 9.17) is 0 Å². The van der Waals surface area contributed by atoms with Gasteiger partial charge in [0.15, 0.2) is 0 Å². The Kier molecular flexibility index (Phi) is 3.81. The third kappa shape index (κ3) is 2.98. The quantitative estimate of drug-likeness (QED) is 0.946. The molecule has 1 aromatic carbocycles. The molecular formula is C13H12BrFN2O. The topological polar surface area (TPSA) is 34.0 Å². The Hall–Kier alpha value is -1.62. The Morgan fingerprint density at radius 3 is 2.78 bits per heavy atom. The molecule has 0 aliphatic heterocycles. The van der Waals surface area contributed by atoms with Crippen LogP contribution < -0.4 is 10.9 Å². The molecule has 2 rings (SSSR count). The first-order chi connectivity index (χ1) is 8.56. The molecule has 0 spiro atoms. The van der Waals surface area contributed by atoms with Gasteiger partial charge in [0.2, 0.25) is 5.56 Å². The lowest BCUT2D eigenvalue weighted by Gasteiger charge is -2.09. The molecular weight excluding hydrogens is 299 g/mol. The van der Waals surface area contributed by atoms with Gasteiger partial charge < -0.3 is 9.88 Å². The lowest BCUT2D eigenvalue weighted by atomic mass is 10.2. The maximum atomic E-state index is 12.9. The first-order valence-electron chi connectivity index (χ1n) is 5.41. The second-order valence-electron chi connectivity index (χ2n) is 3.96. The van der Waals surface area contributed by atoms with Gasteiger partial charge in [0.25, 0.3) is 0 Å². The highest BCUT2D eigenvalue weighted by Gasteiger charge is 2.02. The zero-order valence-corrected chi connectivity index (χ0v) is 11.4. The van der Waals surface area contributed by atoms with Crippen LogP contribution in [0.2, 0.25) is 0 Å². The van der Waals surface area contributed by atoms with Crippen LogP contribution >= 0.6 is 15.9 Å². The minimum Gasteiger partial charge on any atom is -0.380 e. The fourth-order valence-corrected chi connectivity index (χ4v) is 2.05. The van der Waals surface area contributed by atoms with Crippen molar-refractivity contribution in [1.82, 2.24) is 4.57 Å². The smallest absolute Gasteiger partial charge is 0.250 e. The summed E-state index contributed by atoms with van der Waals surface area (Å²) in [6.07, 6.45) is 1.72. The Balaban J connectivity index is 2.11. The zero-order chi connectivity index (χ0) is 13.1. The van der Waals surface area contributed by atoms with Crippen LogP contribution in [0.5, 0.6) is 0 Å². The molecule has 1 aromatic heterocycles. The molecule has 0 amide bonds. The maximum absolute atomic E-state index is 12.9. The number of hydrogen-bond acceptors (Lipinski definition) is 2. The van der Waals surface area contributed by atoms with Gasteiger partial charge in [-0.1, -0.05) is 22.0 Å². The Morgan fingerprint density at radius 1 is 1.33 bits per heavy atom. The molecule has 94 valence electrons. The number of benzene rings is 1. The summed E-state index contributed by atoms with van der Waals surface area (Å²) in [5.41, 5.74) is 1.74. The molecule has 0 radical (unpaired) electrons. The number of nitrogens with zero attached hydrogens (tertiary/aromatic N) is 1. The maximum Gasteiger partial charge on any atom is 0.250 e. The molecule has 0 fully saturated rings. The van der Waals surface area contributed by atoms with Gasteiger partial charge in [0, 0.05) is 30.3 Å². The number of hydrogen-bond donors (Lipinski definition) is 1. The van der Waals surface area contributed by atoms with Crippen LogP contribution in [-0.4, -0.2) is 4.57 Å². The summed E-state index contributed by atoms with van der Waals surface area (Å²) >= 11 is 3.31. The molecule has 0 aliphatic carbocycles. The standard InChI is InChI=1S/C13H12BrFN2O/c1-17-8-11(4-5-13(17)18)16-7-9-2-3-10(15)6-12(9)14/h2-6,8,16H,7H2,1H3. The van der Waals surface area contributed by atoms with E-state index in [9.17, 15) is 9.18 Å². The lowest BCUT2D eigenvalue weighted by molar-refractivity contribution is 0.626. The Labute approximate surface area is 112 Å². The number of rotatable bonds is 3. The van der Waals surface area contributed by atoms with Crippen LogP contribution in [0, 0.1) is 5.82 Å². The molecule has 0 atom stereocenters. The molecule has 1 heterocycles. The van der Waals surface area contributed by atoms with Crippen molar-refractivity contribution in [3.8, 4) is 0 Å². The van der Waals surface area contributed by atoms with E-state index in [0.29, 0.717) is 6.54 Å². The van der Waals surface area contributed by atoms with E-state index in [1.165, 1.54) is 22.8 Å². The van der Waals surface area contributed by atoms with Crippen LogP contribution in [0.25, 0.3) is 0 Å². The minimum atomic E-state index is -0.271. The molecule has 3 nitrogen and oxygen atoms in total. The molecule has 5 heteroatoms. The number of aryl methyl sites for hydroxylation is 1. The molecule has 1 N–H and O–H groups in total. The lowest BCUT2D eigenvalue weighted by Crippen LogP contribution is -2.15. The van der Waals surface area contributed by atoms with E-state index in [1.807, 2.05) is 0 Å². The summed E-state index contributed by atoms with van der Waals surface area (Å²) < 4.78 is 15.1. The van der Waals surface area contributed by atoms with Gasteiger partial charge in [-0.25, -0.2) is 4.39 Å². The average molecular weight is 311 g/mol. The van der Waals surface area contributed by atoms with Crippen molar-refractivity contribution in [2.24, 2.45) is 7.05 Å². The van der Waals surface area contributed by atoms with Crippen LogP contribution in [0.15, 0.2) is 45.8 Å². The van der Waals surface area contributed by atoms with Crippen LogP contribution in [0.1, 0.15) is 5.56 Å². The summed E-state index contributed by atoms with van der Waals surface area (Å²) in [4.78, 5) is 11.2. The Morgan fingerprint density at radius 2 is 2.11 bits per heavy atom. The van der Waals surface area contributed by atoms with Gasteiger partial charge in [0.05, 0.1) is 5.69 Å². The predicted molar refractivity (Wildman–Crippen MR) is 73.1 cm³/mol. The fourth-order valence-electron chi connectivity index (χ4n) is 1.56. The van der Waals surface area contributed by atoms with Gasteiger partial charge in [0.1, 0.15) is 5.82 Å². The number of pyridine rings is 1. The first-order valence-corrected chi connectivity index (χ1v) is 6.20. The second kappa shape index (κ2) is 5.35. The summed E-state index contributed by atoms with van der Waals surface area (Å²) in [7, 11) is 1.70. The van der Waals surface area contributed by atoms with Gasteiger partial charge in [-0.05, 0) is 23.8 Å². The number of nitrogens with one attached hydrogen (secondary N) is 1. The van der Waals surface area contributed by atoms with E-state index < -0.39 is 0 Å². The van der Waals surface area contributed by atoms with E-state index >= 15 is 0 Å². The predicted octanol–water partition coefficient (Wildman–Crippen LogP) is 2.90. The summed E-state index contributed by atoms with van der Waals surface area (Å²) in [6, 6.07) is 7.79. The van der Waals surface area contributed by atoms with Gasteiger partial charge in [-0.2, -0.15) is 0 Å². The van der Waals surface area contributed by atoms with E-state index in [0.717, 1.165) is 15.7 Å². The largest absolute Gasteiger partial charge is 0.380 e. The molecule has 0 saturated heterocycles. The minimum absolute atomic E-state index is 0.0523. The van der Waals surface area contributed by atoms with Crippen LogP contribution in [0.3, 0.4) is 0 Å². The SMILES string of the molecule is Cn1cc(NCc2ccc(F)cc2Br)ccc1=O. The number of halogens is 2. The zero-order valence-electron chi connectivity index (χ0n) is 9.78. The van der Waals surface area contributed by atoms with Gasteiger partial charge >= 0.3 is 0 Å². The molecule has 2 aromatic rings. The van der Waals surface area contributed by atoms with Crippen molar-refractivity contribution in [3.05, 3.63) is 62.7 Å². The molecule has 18 heavy (non-hydrogen) atoms. The van der Waals surface area contributed by atoms with E-state index in [1.54, 1.807) is 25.4 Å². The summed E-state index contributed by atoms with van der Waals surface area (Å²) in [6.45, 7) is 0.555. The first kappa shape index (κ1) is 12.8. The van der Waals surface area contributed by atoms with Gasteiger partial charge in [-0.3, -0.25) is 4.79 Å². The highest BCUT2D eigenvalue weighted by atomic mass is 79.9.